The minimum absolute atomic E-state index is 0.0496. The highest BCUT2D eigenvalue weighted by molar-refractivity contribution is 6.16. The van der Waals surface area contributed by atoms with Crippen molar-refractivity contribution < 1.29 is 20.0 Å². The molecule has 2 atom stereocenters. The topological polar surface area (TPSA) is 130 Å². The Labute approximate surface area is 211 Å². The predicted molar refractivity (Wildman–Crippen MR) is 136 cm³/mol. The van der Waals surface area contributed by atoms with Gasteiger partial charge in [-0.25, -0.2) is 10.0 Å². The first-order chi connectivity index (χ1) is 17.1. The van der Waals surface area contributed by atoms with E-state index < -0.39 is 11.1 Å². The van der Waals surface area contributed by atoms with Crippen LogP contribution < -0.4 is 11.0 Å². The third-order valence-corrected chi connectivity index (χ3v) is 6.39. The Morgan fingerprint density at radius 1 is 0.667 bits per heavy atom. The standard InChI is InChI=1S/2C13H17N3O2/c2*1-9(2)16-12(17)13(15-18,10(3)14-16)11-7-5-4-6-8-11/h2*4-9,15,18H,1-3H3. The van der Waals surface area contributed by atoms with Gasteiger partial charge in [0.05, 0.1) is 23.5 Å². The van der Waals surface area contributed by atoms with Crippen molar-refractivity contribution in [2.45, 2.75) is 64.7 Å². The lowest BCUT2D eigenvalue weighted by molar-refractivity contribution is -0.139. The molecule has 0 saturated carbocycles. The van der Waals surface area contributed by atoms with Crippen molar-refractivity contribution in [3.05, 3.63) is 71.8 Å². The van der Waals surface area contributed by atoms with Crippen LogP contribution in [0.25, 0.3) is 0 Å². The molecule has 2 amide bonds. The normalized spacial score (nSPS) is 23.7. The number of carbonyl (C=O) groups excluding carboxylic acids is 2. The fraction of sp³-hybridized carbons (Fsp3) is 0.385. The molecule has 10 nitrogen and oxygen atoms in total. The molecular weight excluding hydrogens is 460 g/mol. The van der Waals surface area contributed by atoms with Crippen LogP contribution in [0.5, 0.6) is 0 Å². The van der Waals surface area contributed by atoms with Crippen molar-refractivity contribution in [3.8, 4) is 0 Å². The Morgan fingerprint density at radius 3 is 1.19 bits per heavy atom. The molecule has 192 valence electrons. The lowest BCUT2D eigenvalue weighted by atomic mass is 9.86. The fourth-order valence-electron chi connectivity index (χ4n) is 4.34. The molecule has 2 aliphatic heterocycles. The van der Waals surface area contributed by atoms with Crippen LogP contribution in [0.1, 0.15) is 52.7 Å². The molecule has 0 aromatic heterocycles. The second-order valence-corrected chi connectivity index (χ2v) is 9.31. The second kappa shape index (κ2) is 10.7. The van der Waals surface area contributed by atoms with Crippen LogP contribution in [0.4, 0.5) is 0 Å². The van der Waals surface area contributed by atoms with Gasteiger partial charge in [-0.2, -0.15) is 21.2 Å². The van der Waals surface area contributed by atoms with Crippen LogP contribution in [0.15, 0.2) is 70.9 Å². The van der Waals surface area contributed by atoms with Crippen LogP contribution >= 0.6 is 0 Å². The van der Waals surface area contributed by atoms with Gasteiger partial charge < -0.3 is 10.4 Å². The van der Waals surface area contributed by atoms with Gasteiger partial charge in [-0.3, -0.25) is 9.59 Å². The SMILES string of the molecule is CC1=NN(C(C)C)C(=O)C1(NO)c1ccccc1.CC1=NN(C(C)C)C(=O)C1(NO)c1ccccc1. The molecule has 2 aliphatic rings. The van der Waals surface area contributed by atoms with Gasteiger partial charge in [0.2, 0.25) is 0 Å². The van der Waals surface area contributed by atoms with Crippen LogP contribution in [0.2, 0.25) is 0 Å². The smallest absolute Gasteiger partial charge is 0.275 e. The quantitative estimate of drug-likeness (QED) is 0.457. The van der Waals surface area contributed by atoms with Gasteiger partial charge in [0.25, 0.3) is 11.8 Å². The van der Waals surface area contributed by atoms with Gasteiger partial charge in [-0.15, -0.1) is 0 Å². The lowest BCUT2D eigenvalue weighted by Crippen LogP contribution is -2.53. The summed E-state index contributed by atoms with van der Waals surface area (Å²) in [5.74, 6) is -0.521. The Kier molecular flexibility index (Phi) is 8.05. The van der Waals surface area contributed by atoms with Crippen LogP contribution in [-0.2, 0) is 20.7 Å². The minimum atomic E-state index is -1.26. The van der Waals surface area contributed by atoms with Crippen molar-refractivity contribution in [1.82, 2.24) is 21.0 Å². The molecule has 0 fully saturated rings. The molecule has 2 aromatic carbocycles. The third kappa shape index (κ3) is 4.33. The number of hydrogen-bond acceptors (Lipinski definition) is 8. The first kappa shape index (κ1) is 27.2. The van der Waals surface area contributed by atoms with E-state index in [0.29, 0.717) is 22.6 Å². The summed E-state index contributed by atoms with van der Waals surface area (Å²) in [6.45, 7) is 11.0. The van der Waals surface area contributed by atoms with Gasteiger partial charge in [-0.05, 0) is 52.7 Å². The van der Waals surface area contributed by atoms with E-state index in [9.17, 15) is 20.0 Å². The van der Waals surface area contributed by atoms with E-state index in [4.69, 9.17) is 0 Å². The van der Waals surface area contributed by atoms with E-state index in [2.05, 4.69) is 21.2 Å². The maximum absolute atomic E-state index is 12.5. The first-order valence-electron chi connectivity index (χ1n) is 11.8. The molecule has 2 unspecified atom stereocenters. The van der Waals surface area contributed by atoms with Crippen molar-refractivity contribution in [2.24, 2.45) is 10.2 Å². The Balaban J connectivity index is 0.000000201. The first-order valence-corrected chi connectivity index (χ1v) is 11.8. The molecule has 36 heavy (non-hydrogen) atoms. The van der Waals surface area contributed by atoms with Gasteiger partial charge in [0, 0.05) is 0 Å². The molecule has 0 saturated heterocycles. The van der Waals surface area contributed by atoms with Crippen molar-refractivity contribution >= 4 is 23.2 Å². The van der Waals surface area contributed by atoms with Gasteiger partial charge in [0.1, 0.15) is 0 Å². The number of benzene rings is 2. The Morgan fingerprint density at radius 2 is 0.972 bits per heavy atom. The van der Waals surface area contributed by atoms with Gasteiger partial charge in [0.15, 0.2) is 11.1 Å². The predicted octanol–water partition coefficient (Wildman–Crippen LogP) is 2.97. The van der Waals surface area contributed by atoms with Crippen molar-refractivity contribution in [1.29, 1.82) is 0 Å². The summed E-state index contributed by atoms with van der Waals surface area (Å²) in [4.78, 5) is 25.0. The average molecular weight is 495 g/mol. The summed E-state index contributed by atoms with van der Waals surface area (Å²) in [6.07, 6.45) is 0. The van der Waals surface area contributed by atoms with Gasteiger partial charge in [-0.1, -0.05) is 60.7 Å². The highest BCUT2D eigenvalue weighted by atomic mass is 16.5. The number of hydroxylamine groups is 2. The second-order valence-electron chi connectivity index (χ2n) is 9.31. The van der Waals surface area contributed by atoms with Crippen LogP contribution in [0.3, 0.4) is 0 Å². The zero-order valence-electron chi connectivity index (χ0n) is 21.4. The molecule has 0 bridgehead atoms. The Bertz CT molecular complexity index is 1060. The minimum Gasteiger partial charge on any atom is -0.315 e. The summed E-state index contributed by atoms with van der Waals surface area (Å²) in [5.41, 5.74) is 4.23. The highest BCUT2D eigenvalue weighted by Gasteiger charge is 2.52. The molecule has 2 aromatic rings. The molecule has 0 radical (unpaired) electrons. The molecule has 0 spiro atoms. The fourth-order valence-corrected chi connectivity index (χ4v) is 4.34. The molecular formula is C26H34N6O4. The number of hydrogen-bond donors (Lipinski definition) is 4. The van der Waals surface area contributed by atoms with E-state index in [1.54, 1.807) is 38.1 Å². The molecule has 4 N–H and O–H groups in total. The summed E-state index contributed by atoms with van der Waals surface area (Å²) < 4.78 is 0. The van der Waals surface area contributed by atoms with E-state index in [1.807, 2.05) is 64.1 Å². The van der Waals surface area contributed by atoms with E-state index in [0.717, 1.165) is 0 Å². The number of nitrogens with one attached hydrogen (secondary N) is 2. The number of carbonyl (C=O) groups is 2. The monoisotopic (exact) mass is 494 g/mol. The zero-order valence-corrected chi connectivity index (χ0v) is 21.4. The highest BCUT2D eigenvalue weighted by Crippen LogP contribution is 2.33. The number of nitrogens with zero attached hydrogens (tertiary/aromatic N) is 4. The summed E-state index contributed by atoms with van der Waals surface area (Å²) in [6, 6.07) is 18.1. The molecule has 2 heterocycles. The summed E-state index contributed by atoms with van der Waals surface area (Å²) in [5, 5.41) is 30.3. The van der Waals surface area contributed by atoms with Crippen LogP contribution in [-0.4, -0.2) is 55.8 Å². The van der Waals surface area contributed by atoms with Crippen molar-refractivity contribution in [3.63, 3.8) is 0 Å². The maximum atomic E-state index is 12.5. The van der Waals surface area contributed by atoms with E-state index >= 15 is 0 Å². The molecule has 4 rings (SSSR count). The zero-order chi connectivity index (χ0) is 26.7. The van der Waals surface area contributed by atoms with E-state index in [-0.39, 0.29) is 23.9 Å². The average Bonchev–Trinajstić information content (AvgIpc) is 3.30. The maximum Gasteiger partial charge on any atom is 0.275 e. The molecule has 10 heteroatoms. The third-order valence-electron chi connectivity index (χ3n) is 6.39. The molecule has 0 aliphatic carbocycles. The van der Waals surface area contributed by atoms with Crippen molar-refractivity contribution in [2.75, 3.05) is 0 Å². The van der Waals surface area contributed by atoms with E-state index in [1.165, 1.54) is 10.0 Å². The lowest BCUT2D eigenvalue weighted by Gasteiger charge is -2.28. The Hall–Kier alpha value is -3.44. The van der Waals surface area contributed by atoms with Gasteiger partial charge >= 0.3 is 0 Å². The van der Waals surface area contributed by atoms with Crippen LogP contribution in [0, 0.1) is 0 Å². The number of rotatable bonds is 6. The largest absolute Gasteiger partial charge is 0.315 e. The summed E-state index contributed by atoms with van der Waals surface area (Å²) >= 11 is 0. The number of amides is 2. The number of hydrazone groups is 2. The summed E-state index contributed by atoms with van der Waals surface area (Å²) in [7, 11) is 0.